The summed E-state index contributed by atoms with van der Waals surface area (Å²) >= 11 is 0. The molecular formula is C7H14O. The zero-order valence-corrected chi connectivity index (χ0v) is 5.43. The zero-order chi connectivity index (χ0) is 5.98. The van der Waals surface area contributed by atoms with Crippen molar-refractivity contribution in [2.24, 2.45) is 5.92 Å². The van der Waals surface area contributed by atoms with E-state index in [1.807, 2.05) is 0 Å². The number of aliphatic hydroxyl groups excluding tert-OH is 1. The van der Waals surface area contributed by atoms with Gasteiger partial charge in [0.15, 0.2) is 0 Å². The minimum atomic E-state index is 0.0278. The fourth-order valence-corrected chi connectivity index (χ4v) is 1.49. The summed E-state index contributed by atoms with van der Waals surface area (Å²) in [6, 6.07) is 0. The largest absolute Gasteiger partial charge is 0.393 e. The highest BCUT2D eigenvalue weighted by molar-refractivity contribution is 4.74. The molecule has 0 aliphatic heterocycles. The summed E-state index contributed by atoms with van der Waals surface area (Å²) < 4.78 is 0. The average Bonchev–Trinajstić information content (AvgIpc) is 2.14. The lowest BCUT2D eigenvalue weighted by Gasteiger charge is -2.09. The zero-order valence-electron chi connectivity index (χ0n) is 5.43. The Balaban J connectivity index is 2.30. The maximum Gasteiger partial charge on any atom is 0.0568 e. The van der Waals surface area contributed by atoms with Gasteiger partial charge in [-0.15, -0.1) is 0 Å². The van der Waals surface area contributed by atoms with E-state index >= 15 is 0 Å². The van der Waals surface area contributed by atoms with Crippen molar-refractivity contribution in [2.45, 2.75) is 38.7 Å². The van der Waals surface area contributed by atoms with E-state index in [1.165, 1.54) is 12.8 Å². The number of aliphatic hydroxyl groups is 1. The third kappa shape index (κ3) is 1.03. The van der Waals surface area contributed by atoms with Gasteiger partial charge in [0.25, 0.3) is 0 Å². The summed E-state index contributed by atoms with van der Waals surface area (Å²) in [7, 11) is 0. The monoisotopic (exact) mass is 114 g/mol. The van der Waals surface area contributed by atoms with Crippen molar-refractivity contribution in [3.63, 3.8) is 0 Å². The first-order valence-corrected chi connectivity index (χ1v) is 3.52. The van der Waals surface area contributed by atoms with Gasteiger partial charge in [-0.3, -0.25) is 0 Å². The average molecular weight is 114 g/mol. The van der Waals surface area contributed by atoms with Crippen molar-refractivity contribution in [1.82, 2.24) is 0 Å². The lowest BCUT2D eigenvalue weighted by Crippen LogP contribution is -2.10. The molecule has 1 saturated carbocycles. The second-order valence-corrected chi connectivity index (χ2v) is 2.67. The fourth-order valence-electron chi connectivity index (χ4n) is 1.49. The Morgan fingerprint density at radius 3 is 2.50 bits per heavy atom. The quantitative estimate of drug-likeness (QED) is 0.548. The molecule has 1 aliphatic carbocycles. The van der Waals surface area contributed by atoms with Crippen LogP contribution in [0.2, 0.25) is 0 Å². The van der Waals surface area contributed by atoms with Gasteiger partial charge in [-0.05, 0) is 18.8 Å². The predicted molar refractivity (Wildman–Crippen MR) is 33.6 cm³/mol. The van der Waals surface area contributed by atoms with Crippen LogP contribution in [0.4, 0.5) is 0 Å². The molecule has 0 radical (unpaired) electrons. The molecule has 48 valence electrons. The van der Waals surface area contributed by atoms with E-state index in [9.17, 15) is 5.11 Å². The second-order valence-electron chi connectivity index (χ2n) is 2.67. The van der Waals surface area contributed by atoms with Gasteiger partial charge < -0.3 is 5.11 Å². The Morgan fingerprint density at radius 2 is 2.25 bits per heavy atom. The van der Waals surface area contributed by atoms with Gasteiger partial charge in [0.05, 0.1) is 6.10 Å². The molecule has 2 atom stereocenters. The maximum atomic E-state index is 9.19. The maximum absolute atomic E-state index is 9.19. The summed E-state index contributed by atoms with van der Waals surface area (Å²) in [5, 5.41) is 9.19. The van der Waals surface area contributed by atoms with Crippen LogP contribution in [0.3, 0.4) is 0 Å². The molecule has 1 N–H and O–H groups in total. The molecule has 1 nitrogen and oxygen atoms in total. The molecule has 8 heavy (non-hydrogen) atoms. The smallest absolute Gasteiger partial charge is 0.0568 e. The Kier molecular flexibility index (Phi) is 1.90. The fraction of sp³-hybridized carbons (Fsp3) is 1.00. The van der Waals surface area contributed by atoms with Crippen molar-refractivity contribution in [2.75, 3.05) is 0 Å². The second kappa shape index (κ2) is 2.49. The minimum Gasteiger partial charge on any atom is -0.393 e. The van der Waals surface area contributed by atoms with Crippen LogP contribution < -0.4 is 0 Å². The Bertz CT molecular complexity index is 70.8. The third-order valence-electron chi connectivity index (χ3n) is 2.14. The van der Waals surface area contributed by atoms with Gasteiger partial charge in [-0.2, -0.15) is 0 Å². The number of rotatable bonds is 1. The van der Waals surface area contributed by atoms with E-state index in [2.05, 4.69) is 6.92 Å². The van der Waals surface area contributed by atoms with Crippen LogP contribution in [0.15, 0.2) is 0 Å². The predicted octanol–water partition coefficient (Wildman–Crippen LogP) is 1.56. The van der Waals surface area contributed by atoms with E-state index in [1.54, 1.807) is 0 Å². The van der Waals surface area contributed by atoms with Crippen molar-refractivity contribution in [3.05, 3.63) is 0 Å². The van der Waals surface area contributed by atoms with Gasteiger partial charge in [0.1, 0.15) is 0 Å². The Morgan fingerprint density at radius 1 is 1.50 bits per heavy atom. The van der Waals surface area contributed by atoms with E-state index in [0.717, 1.165) is 12.8 Å². The molecule has 0 heterocycles. The SMILES string of the molecule is CCC1CCC[C@H]1O. The van der Waals surface area contributed by atoms with Gasteiger partial charge in [-0.1, -0.05) is 19.8 Å². The topological polar surface area (TPSA) is 20.2 Å². The van der Waals surface area contributed by atoms with Crippen molar-refractivity contribution < 1.29 is 5.11 Å². The first kappa shape index (κ1) is 6.09. The standard InChI is InChI=1S/C7H14O/c1-2-6-4-3-5-7(6)8/h6-8H,2-5H2,1H3/t6?,7-/m1/s1. The summed E-state index contributed by atoms with van der Waals surface area (Å²) in [6.45, 7) is 2.15. The molecule has 1 unspecified atom stereocenters. The molecule has 0 amide bonds. The van der Waals surface area contributed by atoms with Gasteiger partial charge in [-0.25, -0.2) is 0 Å². The van der Waals surface area contributed by atoms with Crippen molar-refractivity contribution in [1.29, 1.82) is 0 Å². The van der Waals surface area contributed by atoms with Gasteiger partial charge >= 0.3 is 0 Å². The molecule has 0 aromatic heterocycles. The molecule has 1 heteroatoms. The summed E-state index contributed by atoms with van der Waals surface area (Å²) in [6.07, 6.45) is 4.71. The van der Waals surface area contributed by atoms with E-state index in [4.69, 9.17) is 0 Å². The van der Waals surface area contributed by atoms with Crippen LogP contribution in [0, 0.1) is 5.92 Å². The normalized spacial score (nSPS) is 38.2. The molecule has 0 bridgehead atoms. The molecule has 0 aromatic rings. The van der Waals surface area contributed by atoms with Gasteiger partial charge in [0, 0.05) is 0 Å². The minimum absolute atomic E-state index is 0.0278. The molecule has 1 aliphatic rings. The molecule has 1 fully saturated rings. The lowest BCUT2D eigenvalue weighted by molar-refractivity contribution is 0.130. The highest BCUT2D eigenvalue weighted by atomic mass is 16.3. The summed E-state index contributed by atoms with van der Waals surface area (Å²) in [5.74, 6) is 0.620. The first-order valence-electron chi connectivity index (χ1n) is 3.52. The molecule has 0 spiro atoms. The van der Waals surface area contributed by atoms with E-state index < -0.39 is 0 Å². The van der Waals surface area contributed by atoms with Crippen LogP contribution >= 0.6 is 0 Å². The van der Waals surface area contributed by atoms with E-state index in [0.29, 0.717) is 5.92 Å². The van der Waals surface area contributed by atoms with Crippen molar-refractivity contribution >= 4 is 0 Å². The number of hydrogen-bond donors (Lipinski definition) is 1. The third-order valence-corrected chi connectivity index (χ3v) is 2.14. The molecule has 0 saturated heterocycles. The Labute approximate surface area is 50.7 Å². The summed E-state index contributed by atoms with van der Waals surface area (Å²) in [4.78, 5) is 0. The molecule has 0 aromatic carbocycles. The van der Waals surface area contributed by atoms with Crippen LogP contribution in [-0.2, 0) is 0 Å². The number of hydrogen-bond acceptors (Lipinski definition) is 1. The van der Waals surface area contributed by atoms with Crippen LogP contribution in [0.1, 0.15) is 32.6 Å². The van der Waals surface area contributed by atoms with Gasteiger partial charge in [0.2, 0.25) is 0 Å². The lowest BCUT2D eigenvalue weighted by atomic mass is 10.0. The van der Waals surface area contributed by atoms with Crippen LogP contribution in [-0.4, -0.2) is 11.2 Å². The van der Waals surface area contributed by atoms with Crippen LogP contribution in [0.5, 0.6) is 0 Å². The first-order chi connectivity index (χ1) is 3.84. The molecule has 1 rings (SSSR count). The highest BCUT2D eigenvalue weighted by Gasteiger charge is 2.22. The molecular weight excluding hydrogens is 100 g/mol. The highest BCUT2D eigenvalue weighted by Crippen LogP contribution is 2.27. The van der Waals surface area contributed by atoms with Crippen LogP contribution in [0.25, 0.3) is 0 Å². The van der Waals surface area contributed by atoms with Crippen molar-refractivity contribution in [3.8, 4) is 0 Å². The Hall–Kier alpha value is -0.0400. The summed E-state index contributed by atoms with van der Waals surface area (Å²) in [5.41, 5.74) is 0. The van der Waals surface area contributed by atoms with E-state index in [-0.39, 0.29) is 6.10 Å².